The number of benzene rings is 1. The van der Waals surface area contributed by atoms with Gasteiger partial charge in [-0.15, -0.1) is 0 Å². The molecule has 6 heteroatoms. The highest BCUT2D eigenvalue weighted by atomic mass is 32.2. The van der Waals surface area contributed by atoms with E-state index in [9.17, 15) is 4.79 Å². The number of rotatable bonds is 5. The molecule has 116 valence electrons. The highest BCUT2D eigenvalue weighted by molar-refractivity contribution is 7.98. The predicted octanol–water partition coefficient (Wildman–Crippen LogP) is 2.21. The van der Waals surface area contributed by atoms with Crippen molar-refractivity contribution in [1.82, 2.24) is 14.8 Å². The molecule has 1 heterocycles. The minimum Gasteiger partial charge on any atom is -0.369 e. The van der Waals surface area contributed by atoms with Gasteiger partial charge in [0.25, 0.3) is 0 Å². The molecule has 1 amide bonds. The number of fused-ring (bicyclic) bond motifs is 1. The SMILES string of the molecule is CS[C@H](C)c1nc(CC(N)=O)nn1-c1ccc2c(c1)CCC2. The van der Waals surface area contributed by atoms with Crippen molar-refractivity contribution in [3.05, 3.63) is 41.0 Å². The number of nitrogens with zero attached hydrogens (tertiary/aromatic N) is 3. The van der Waals surface area contributed by atoms with Gasteiger partial charge in [0.05, 0.1) is 17.4 Å². The Kier molecular flexibility index (Phi) is 4.20. The minimum absolute atomic E-state index is 0.0754. The highest BCUT2D eigenvalue weighted by Crippen LogP contribution is 2.29. The first-order valence-corrected chi connectivity index (χ1v) is 8.76. The normalized spacial score (nSPS) is 14.8. The molecule has 2 aromatic rings. The summed E-state index contributed by atoms with van der Waals surface area (Å²) in [6, 6.07) is 6.46. The summed E-state index contributed by atoms with van der Waals surface area (Å²) in [7, 11) is 0. The van der Waals surface area contributed by atoms with Crippen LogP contribution in [0.2, 0.25) is 0 Å². The summed E-state index contributed by atoms with van der Waals surface area (Å²) in [5.74, 6) is 0.944. The smallest absolute Gasteiger partial charge is 0.225 e. The predicted molar refractivity (Wildman–Crippen MR) is 88.2 cm³/mol. The van der Waals surface area contributed by atoms with Gasteiger partial charge < -0.3 is 5.73 Å². The first-order valence-electron chi connectivity index (χ1n) is 7.47. The fraction of sp³-hybridized carbons (Fsp3) is 0.438. The van der Waals surface area contributed by atoms with Gasteiger partial charge in [-0.1, -0.05) is 6.07 Å². The van der Waals surface area contributed by atoms with Crippen LogP contribution in [0.4, 0.5) is 0 Å². The number of hydrogen-bond donors (Lipinski definition) is 1. The maximum atomic E-state index is 11.1. The zero-order valence-corrected chi connectivity index (χ0v) is 13.7. The Labute approximate surface area is 134 Å². The third-order valence-corrected chi connectivity index (χ3v) is 4.97. The summed E-state index contributed by atoms with van der Waals surface area (Å²) >= 11 is 1.70. The number of carbonyl (C=O) groups is 1. The van der Waals surface area contributed by atoms with Crippen molar-refractivity contribution in [3.8, 4) is 5.69 Å². The lowest BCUT2D eigenvalue weighted by Crippen LogP contribution is -2.14. The Bertz CT molecular complexity index is 710. The Balaban J connectivity index is 2.04. The van der Waals surface area contributed by atoms with Crippen molar-refractivity contribution < 1.29 is 4.79 Å². The van der Waals surface area contributed by atoms with Gasteiger partial charge >= 0.3 is 0 Å². The van der Waals surface area contributed by atoms with E-state index in [-0.39, 0.29) is 11.7 Å². The van der Waals surface area contributed by atoms with Gasteiger partial charge in [0, 0.05) is 0 Å². The molecule has 3 rings (SSSR count). The molecule has 0 saturated carbocycles. The van der Waals surface area contributed by atoms with Crippen LogP contribution in [0.3, 0.4) is 0 Å². The van der Waals surface area contributed by atoms with Crippen LogP contribution in [0.1, 0.15) is 41.4 Å². The molecular weight excluding hydrogens is 296 g/mol. The van der Waals surface area contributed by atoms with Crippen molar-refractivity contribution in [2.24, 2.45) is 5.73 Å². The van der Waals surface area contributed by atoms with Gasteiger partial charge in [-0.2, -0.15) is 16.9 Å². The van der Waals surface area contributed by atoms with Crippen LogP contribution in [0.25, 0.3) is 5.69 Å². The number of nitrogens with two attached hydrogens (primary N) is 1. The van der Waals surface area contributed by atoms with E-state index in [2.05, 4.69) is 35.2 Å². The first-order chi connectivity index (χ1) is 10.6. The maximum Gasteiger partial charge on any atom is 0.225 e. The van der Waals surface area contributed by atoms with Crippen LogP contribution in [-0.4, -0.2) is 26.9 Å². The lowest BCUT2D eigenvalue weighted by atomic mass is 10.1. The quantitative estimate of drug-likeness (QED) is 0.918. The van der Waals surface area contributed by atoms with E-state index < -0.39 is 5.91 Å². The van der Waals surface area contributed by atoms with E-state index in [0.29, 0.717) is 5.82 Å². The average Bonchev–Trinajstić information content (AvgIpc) is 3.11. The van der Waals surface area contributed by atoms with Crippen molar-refractivity contribution in [1.29, 1.82) is 0 Å². The van der Waals surface area contributed by atoms with Crippen molar-refractivity contribution in [3.63, 3.8) is 0 Å². The number of amides is 1. The summed E-state index contributed by atoms with van der Waals surface area (Å²) in [5, 5.41) is 4.70. The van der Waals surface area contributed by atoms with E-state index in [4.69, 9.17) is 5.73 Å². The number of hydrogen-bond acceptors (Lipinski definition) is 4. The number of aromatic nitrogens is 3. The minimum atomic E-state index is -0.408. The summed E-state index contributed by atoms with van der Waals surface area (Å²) in [4.78, 5) is 15.7. The molecule has 5 nitrogen and oxygen atoms in total. The monoisotopic (exact) mass is 316 g/mol. The van der Waals surface area contributed by atoms with E-state index >= 15 is 0 Å². The van der Waals surface area contributed by atoms with Gasteiger partial charge in [-0.05, 0) is 55.7 Å². The third kappa shape index (κ3) is 2.88. The largest absolute Gasteiger partial charge is 0.369 e. The van der Waals surface area contributed by atoms with Crippen LogP contribution in [0, 0.1) is 0 Å². The molecule has 22 heavy (non-hydrogen) atoms. The summed E-state index contributed by atoms with van der Waals surface area (Å²) in [6.07, 6.45) is 5.62. The highest BCUT2D eigenvalue weighted by Gasteiger charge is 2.19. The topological polar surface area (TPSA) is 73.8 Å². The standard InChI is InChI=1S/C16H20N4OS/c1-10(22-2)16-18-15(9-14(17)21)19-20(16)13-7-6-11-4-3-5-12(11)8-13/h6-8,10H,3-5,9H2,1-2H3,(H2,17,21)/t10-/m1/s1. The number of primary amides is 1. The second-order valence-electron chi connectivity index (χ2n) is 5.63. The lowest BCUT2D eigenvalue weighted by Gasteiger charge is -2.11. The first kappa shape index (κ1) is 15.1. The maximum absolute atomic E-state index is 11.1. The number of carbonyl (C=O) groups excluding carboxylic acids is 1. The molecule has 1 atom stereocenters. The number of thioether (sulfide) groups is 1. The van der Waals surface area contributed by atoms with Crippen LogP contribution in [-0.2, 0) is 24.1 Å². The second kappa shape index (κ2) is 6.12. The van der Waals surface area contributed by atoms with Gasteiger partial charge in [0.2, 0.25) is 5.91 Å². The Morgan fingerprint density at radius 3 is 2.91 bits per heavy atom. The molecule has 1 aromatic carbocycles. The van der Waals surface area contributed by atoms with Crippen molar-refractivity contribution in [2.75, 3.05) is 6.26 Å². The summed E-state index contributed by atoms with van der Waals surface area (Å²) in [6.45, 7) is 2.09. The molecule has 1 aliphatic carbocycles. The van der Waals surface area contributed by atoms with Crippen LogP contribution in [0.15, 0.2) is 18.2 Å². The zero-order valence-electron chi connectivity index (χ0n) is 12.9. The zero-order chi connectivity index (χ0) is 15.7. The second-order valence-corrected chi connectivity index (χ2v) is 6.80. The van der Waals surface area contributed by atoms with Gasteiger partial charge in [0.15, 0.2) is 5.82 Å². The fourth-order valence-corrected chi connectivity index (χ4v) is 3.21. The molecular formula is C16H20N4OS. The molecule has 0 spiro atoms. The fourth-order valence-electron chi connectivity index (χ4n) is 2.85. The lowest BCUT2D eigenvalue weighted by molar-refractivity contribution is -0.117. The number of aryl methyl sites for hydroxylation is 2. The third-order valence-electron chi connectivity index (χ3n) is 4.05. The molecule has 2 N–H and O–H groups in total. The molecule has 0 unspecified atom stereocenters. The Hall–Kier alpha value is -1.82. The molecule has 0 bridgehead atoms. The molecule has 1 aliphatic rings. The summed E-state index contributed by atoms with van der Waals surface area (Å²) < 4.78 is 1.86. The Morgan fingerprint density at radius 1 is 1.41 bits per heavy atom. The molecule has 0 saturated heterocycles. The van der Waals surface area contributed by atoms with Gasteiger partial charge in [0.1, 0.15) is 5.82 Å². The van der Waals surface area contributed by atoms with Crippen molar-refractivity contribution in [2.45, 2.75) is 37.9 Å². The van der Waals surface area contributed by atoms with Crippen LogP contribution < -0.4 is 5.73 Å². The van der Waals surface area contributed by atoms with E-state index in [1.54, 1.807) is 11.8 Å². The molecule has 0 radical (unpaired) electrons. The molecule has 0 fully saturated rings. The Morgan fingerprint density at radius 2 is 2.18 bits per heavy atom. The summed E-state index contributed by atoms with van der Waals surface area (Å²) in [5.41, 5.74) is 9.11. The van der Waals surface area contributed by atoms with E-state index in [1.807, 2.05) is 10.9 Å². The van der Waals surface area contributed by atoms with E-state index in [1.165, 1.54) is 17.5 Å². The van der Waals surface area contributed by atoms with E-state index in [0.717, 1.165) is 24.4 Å². The van der Waals surface area contributed by atoms with Gasteiger partial charge in [-0.3, -0.25) is 4.79 Å². The van der Waals surface area contributed by atoms with Crippen molar-refractivity contribution >= 4 is 17.7 Å². The van der Waals surface area contributed by atoms with Gasteiger partial charge in [-0.25, -0.2) is 9.67 Å². The van der Waals surface area contributed by atoms with Crippen LogP contribution in [0.5, 0.6) is 0 Å². The molecule has 1 aromatic heterocycles. The average molecular weight is 316 g/mol. The van der Waals surface area contributed by atoms with Crippen LogP contribution >= 0.6 is 11.8 Å². The molecule has 0 aliphatic heterocycles.